The molecule has 0 saturated heterocycles. The van der Waals surface area contributed by atoms with Crippen molar-refractivity contribution >= 4 is 33.7 Å². The third kappa shape index (κ3) is 5.72. The highest BCUT2D eigenvalue weighted by atomic mass is 79.9. The number of carbonyl (C=O) groups excluding carboxylic acids is 3. The van der Waals surface area contributed by atoms with E-state index < -0.39 is 18.4 Å². The zero-order chi connectivity index (χ0) is 15.9. The van der Waals surface area contributed by atoms with E-state index in [0.29, 0.717) is 5.75 Å². The van der Waals surface area contributed by atoms with Crippen LogP contribution < -0.4 is 15.6 Å². The molecule has 0 radical (unpaired) electrons. The third-order valence-electron chi connectivity index (χ3n) is 2.78. The standard InChI is InChI=1S/C14H15BrN2O5/c15-10-3-5-11(6-4-10)21-7-12(18)16-17-13(19)8-22-14(20)9-1-2-9/h3-6,9H,1-2,7-8H2,(H,16,18)(H,17,19). The highest BCUT2D eigenvalue weighted by Crippen LogP contribution is 2.29. The van der Waals surface area contributed by atoms with Gasteiger partial charge in [-0.3, -0.25) is 25.2 Å². The number of hydrogen-bond acceptors (Lipinski definition) is 5. The van der Waals surface area contributed by atoms with Crippen LogP contribution in [0, 0.1) is 5.92 Å². The maximum absolute atomic E-state index is 11.5. The van der Waals surface area contributed by atoms with E-state index in [0.717, 1.165) is 17.3 Å². The van der Waals surface area contributed by atoms with Crippen molar-refractivity contribution in [1.29, 1.82) is 0 Å². The molecular formula is C14H15BrN2O5. The average molecular weight is 371 g/mol. The van der Waals surface area contributed by atoms with E-state index >= 15 is 0 Å². The van der Waals surface area contributed by atoms with Gasteiger partial charge in [0.05, 0.1) is 5.92 Å². The molecule has 2 rings (SSSR count). The fraction of sp³-hybridized carbons (Fsp3) is 0.357. The van der Waals surface area contributed by atoms with Crippen molar-refractivity contribution in [3.63, 3.8) is 0 Å². The summed E-state index contributed by atoms with van der Waals surface area (Å²) in [5.74, 6) is -1.04. The zero-order valence-corrected chi connectivity index (χ0v) is 13.2. The first-order chi connectivity index (χ1) is 10.5. The molecule has 0 atom stereocenters. The Morgan fingerprint density at radius 2 is 1.64 bits per heavy atom. The summed E-state index contributed by atoms with van der Waals surface area (Å²) in [6.45, 7) is -0.660. The predicted octanol–water partition coefficient (Wildman–Crippen LogP) is 0.928. The molecule has 0 bridgehead atoms. The van der Waals surface area contributed by atoms with Crippen LogP contribution in [0.15, 0.2) is 28.7 Å². The summed E-state index contributed by atoms with van der Waals surface area (Å²) in [7, 11) is 0. The summed E-state index contributed by atoms with van der Waals surface area (Å²) < 4.78 is 10.9. The molecule has 1 aromatic carbocycles. The average Bonchev–Trinajstić information content (AvgIpc) is 3.35. The van der Waals surface area contributed by atoms with Crippen molar-refractivity contribution in [2.24, 2.45) is 5.92 Å². The van der Waals surface area contributed by atoms with Gasteiger partial charge in [0.2, 0.25) is 0 Å². The van der Waals surface area contributed by atoms with E-state index in [1.54, 1.807) is 24.3 Å². The minimum absolute atomic E-state index is 0.0679. The van der Waals surface area contributed by atoms with Gasteiger partial charge in [0.15, 0.2) is 13.2 Å². The Labute approximate surface area is 135 Å². The lowest BCUT2D eigenvalue weighted by Crippen LogP contribution is -2.45. The lowest BCUT2D eigenvalue weighted by molar-refractivity contribution is -0.150. The van der Waals surface area contributed by atoms with Crippen LogP contribution in [0.2, 0.25) is 0 Å². The van der Waals surface area contributed by atoms with E-state index in [-0.39, 0.29) is 18.5 Å². The SMILES string of the molecule is O=C(COC(=O)C1CC1)NNC(=O)COc1ccc(Br)cc1. The van der Waals surface area contributed by atoms with Crippen molar-refractivity contribution in [3.05, 3.63) is 28.7 Å². The van der Waals surface area contributed by atoms with Crippen LogP contribution in [0.1, 0.15) is 12.8 Å². The van der Waals surface area contributed by atoms with Crippen LogP contribution in [-0.4, -0.2) is 31.0 Å². The van der Waals surface area contributed by atoms with Crippen molar-refractivity contribution in [3.8, 4) is 5.75 Å². The topological polar surface area (TPSA) is 93.7 Å². The fourth-order valence-corrected chi connectivity index (χ4v) is 1.73. The first-order valence-electron chi connectivity index (χ1n) is 6.67. The first-order valence-corrected chi connectivity index (χ1v) is 7.46. The molecule has 1 saturated carbocycles. The van der Waals surface area contributed by atoms with Crippen LogP contribution in [0.4, 0.5) is 0 Å². The lowest BCUT2D eigenvalue weighted by atomic mass is 10.3. The van der Waals surface area contributed by atoms with Gasteiger partial charge in [0.1, 0.15) is 5.75 Å². The second kappa shape index (κ2) is 7.79. The summed E-state index contributed by atoms with van der Waals surface area (Å²) >= 11 is 3.29. The Balaban J connectivity index is 1.59. The molecule has 0 aliphatic heterocycles. The second-order valence-corrected chi connectivity index (χ2v) is 5.64. The quantitative estimate of drug-likeness (QED) is 0.573. The van der Waals surface area contributed by atoms with Crippen molar-refractivity contribution in [2.75, 3.05) is 13.2 Å². The molecule has 0 spiro atoms. The highest BCUT2D eigenvalue weighted by molar-refractivity contribution is 9.10. The van der Waals surface area contributed by atoms with Gasteiger partial charge >= 0.3 is 5.97 Å². The summed E-state index contributed by atoms with van der Waals surface area (Å²) in [6, 6.07) is 6.97. The van der Waals surface area contributed by atoms with E-state index in [1.165, 1.54) is 0 Å². The highest BCUT2D eigenvalue weighted by Gasteiger charge is 2.31. The van der Waals surface area contributed by atoms with Crippen molar-refractivity contribution < 1.29 is 23.9 Å². The molecule has 1 aliphatic carbocycles. The van der Waals surface area contributed by atoms with Gasteiger partial charge in [0.25, 0.3) is 11.8 Å². The minimum atomic E-state index is -0.606. The largest absolute Gasteiger partial charge is 0.484 e. The summed E-state index contributed by atoms with van der Waals surface area (Å²) in [6.07, 6.45) is 1.62. The minimum Gasteiger partial charge on any atom is -0.484 e. The van der Waals surface area contributed by atoms with Gasteiger partial charge in [0, 0.05) is 4.47 Å². The molecule has 7 nitrogen and oxygen atoms in total. The molecule has 1 fully saturated rings. The Morgan fingerprint density at radius 3 is 2.23 bits per heavy atom. The number of benzene rings is 1. The third-order valence-corrected chi connectivity index (χ3v) is 3.31. The lowest BCUT2D eigenvalue weighted by Gasteiger charge is -2.09. The van der Waals surface area contributed by atoms with E-state index in [9.17, 15) is 14.4 Å². The number of esters is 1. The maximum atomic E-state index is 11.5. The summed E-state index contributed by atoms with van der Waals surface area (Å²) in [4.78, 5) is 34.1. The van der Waals surface area contributed by atoms with Gasteiger partial charge < -0.3 is 9.47 Å². The molecule has 0 aromatic heterocycles. The number of amides is 2. The fourth-order valence-electron chi connectivity index (χ4n) is 1.46. The first kappa shape index (κ1) is 16.3. The number of carbonyl (C=O) groups is 3. The molecule has 0 heterocycles. The van der Waals surface area contributed by atoms with Crippen LogP contribution in [-0.2, 0) is 19.1 Å². The number of rotatable bonds is 6. The molecule has 118 valence electrons. The molecule has 1 aliphatic rings. The molecule has 0 unspecified atom stereocenters. The Hall–Kier alpha value is -2.09. The molecule has 8 heteroatoms. The molecule has 2 amide bonds. The van der Waals surface area contributed by atoms with Crippen LogP contribution >= 0.6 is 15.9 Å². The molecular weight excluding hydrogens is 356 g/mol. The van der Waals surface area contributed by atoms with Gasteiger partial charge in [-0.2, -0.15) is 0 Å². The second-order valence-electron chi connectivity index (χ2n) is 4.72. The Morgan fingerprint density at radius 1 is 1.05 bits per heavy atom. The molecule has 2 N–H and O–H groups in total. The number of hydrazine groups is 1. The molecule has 1 aromatic rings. The van der Waals surface area contributed by atoms with Gasteiger partial charge in [-0.25, -0.2) is 0 Å². The van der Waals surface area contributed by atoms with Crippen LogP contribution in [0.25, 0.3) is 0 Å². The molecule has 22 heavy (non-hydrogen) atoms. The van der Waals surface area contributed by atoms with Crippen molar-refractivity contribution in [1.82, 2.24) is 10.9 Å². The van der Waals surface area contributed by atoms with Crippen LogP contribution in [0.5, 0.6) is 5.75 Å². The number of ether oxygens (including phenoxy) is 2. The van der Waals surface area contributed by atoms with Gasteiger partial charge in [-0.05, 0) is 37.1 Å². The van der Waals surface area contributed by atoms with E-state index in [1.807, 2.05) is 0 Å². The summed E-state index contributed by atoms with van der Waals surface area (Å²) in [5.41, 5.74) is 4.31. The monoisotopic (exact) mass is 370 g/mol. The smallest absolute Gasteiger partial charge is 0.309 e. The number of hydrogen-bond donors (Lipinski definition) is 2. The zero-order valence-electron chi connectivity index (χ0n) is 11.6. The van der Waals surface area contributed by atoms with Crippen molar-refractivity contribution in [2.45, 2.75) is 12.8 Å². The Kier molecular flexibility index (Phi) is 5.76. The normalized spacial score (nSPS) is 13.1. The van der Waals surface area contributed by atoms with Gasteiger partial charge in [-0.1, -0.05) is 15.9 Å². The predicted molar refractivity (Wildman–Crippen MR) is 79.6 cm³/mol. The number of nitrogens with one attached hydrogen (secondary N) is 2. The maximum Gasteiger partial charge on any atom is 0.309 e. The Bertz CT molecular complexity index is 557. The van der Waals surface area contributed by atoms with E-state index in [4.69, 9.17) is 9.47 Å². The van der Waals surface area contributed by atoms with E-state index in [2.05, 4.69) is 26.8 Å². The van der Waals surface area contributed by atoms with Gasteiger partial charge in [-0.15, -0.1) is 0 Å². The number of halogens is 1. The summed E-state index contributed by atoms with van der Waals surface area (Å²) in [5, 5.41) is 0. The van der Waals surface area contributed by atoms with Crippen LogP contribution in [0.3, 0.4) is 0 Å².